The highest BCUT2D eigenvalue weighted by molar-refractivity contribution is 5.84. The van der Waals surface area contributed by atoms with Crippen molar-refractivity contribution in [2.75, 3.05) is 7.11 Å². The molecule has 0 saturated carbocycles. The first kappa shape index (κ1) is 14.1. The fourth-order valence-corrected chi connectivity index (χ4v) is 3.52. The third-order valence-electron chi connectivity index (χ3n) is 4.64. The summed E-state index contributed by atoms with van der Waals surface area (Å²) in [5.74, 6) is 0.749. The maximum absolute atomic E-state index is 12.4. The molecule has 1 aromatic carbocycles. The number of hydrogen-bond acceptors (Lipinski definition) is 3. The summed E-state index contributed by atoms with van der Waals surface area (Å²) in [5.41, 5.74) is 5.38. The zero-order valence-corrected chi connectivity index (χ0v) is 13.1. The van der Waals surface area contributed by atoms with E-state index in [4.69, 9.17) is 4.74 Å². The summed E-state index contributed by atoms with van der Waals surface area (Å²) in [6, 6.07) is 7.76. The van der Waals surface area contributed by atoms with Gasteiger partial charge in [0, 0.05) is 11.3 Å². The molecule has 23 heavy (non-hydrogen) atoms. The van der Waals surface area contributed by atoms with Crippen LogP contribution in [-0.2, 0) is 12.8 Å². The van der Waals surface area contributed by atoms with Gasteiger partial charge < -0.3 is 9.72 Å². The Morgan fingerprint density at radius 3 is 2.83 bits per heavy atom. The van der Waals surface area contributed by atoms with E-state index in [1.54, 1.807) is 7.11 Å². The summed E-state index contributed by atoms with van der Waals surface area (Å²) in [6.45, 7) is 0. The molecule has 2 aliphatic heterocycles. The number of nitrogens with one attached hydrogen (secondary N) is 2. The van der Waals surface area contributed by atoms with Gasteiger partial charge in [-0.2, -0.15) is 5.10 Å². The number of nitrogens with zero attached hydrogens (tertiary/aromatic N) is 1. The molecule has 0 bridgehead atoms. The monoisotopic (exact) mass is 309 g/mol. The van der Waals surface area contributed by atoms with Crippen LogP contribution in [0, 0.1) is 0 Å². The van der Waals surface area contributed by atoms with Crippen LogP contribution in [0.4, 0.5) is 0 Å². The van der Waals surface area contributed by atoms with E-state index in [1.807, 2.05) is 24.3 Å². The van der Waals surface area contributed by atoms with E-state index in [0.717, 1.165) is 48.4 Å². The maximum atomic E-state index is 12.4. The molecule has 2 N–H and O–H groups in total. The highest BCUT2D eigenvalue weighted by atomic mass is 16.5. The summed E-state index contributed by atoms with van der Waals surface area (Å²) in [6.07, 6.45) is 5.48. The van der Waals surface area contributed by atoms with Gasteiger partial charge in [0.2, 0.25) is 0 Å². The lowest BCUT2D eigenvalue weighted by Crippen LogP contribution is -2.09. The number of fused-ring (bicyclic) bond motifs is 3. The van der Waals surface area contributed by atoms with E-state index < -0.39 is 0 Å². The van der Waals surface area contributed by atoms with Crippen LogP contribution in [0.1, 0.15) is 30.5 Å². The molecule has 0 aromatic heterocycles. The number of hydrogen-bond donors (Lipinski definition) is 2. The van der Waals surface area contributed by atoms with E-state index in [9.17, 15) is 4.79 Å². The third kappa shape index (κ3) is 2.23. The standard InChI is InChI=1S/C18H19N3O2/c1-23-14-10-6-5-8-12(14)16-15-17(20-21-18(15)22)11-7-3-2-4-9-13(11)19-16/h5-6,8,10,19H,2-4,7,9H2,1H3,(H,21,22). The highest BCUT2D eigenvalue weighted by Gasteiger charge is 2.26. The molecule has 0 saturated heterocycles. The number of para-hydroxylation sites is 1. The minimum atomic E-state index is -0.149. The van der Waals surface area contributed by atoms with Gasteiger partial charge in [0.05, 0.1) is 18.4 Å². The van der Waals surface area contributed by atoms with Gasteiger partial charge >= 0.3 is 0 Å². The number of rotatable bonds is 2. The summed E-state index contributed by atoms with van der Waals surface area (Å²) in [4.78, 5) is 15.9. The molecule has 0 fully saturated rings. The first-order valence-corrected chi connectivity index (χ1v) is 8.05. The minimum Gasteiger partial charge on any atom is -0.496 e. The molecular weight excluding hydrogens is 290 g/mol. The molecule has 3 aliphatic rings. The molecular formula is C18H19N3O2. The molecule has 5 heteroatoms. The van der Waals surface area contributed by atoms with Crippen molar-refractivity contribution in [1.82, 2.24) is 15.2 Å². The van der Waals surface area contributed by atoms with E-state index >= 15 is 0 Å². The lowest BCUT2D eigenvalue weighted by Gasteiger charge is -2.16. The first-order valence-electron chi connectivity index (χ1n) is 8.05. The molecule has 0 unspecified atom stereocenters. The van der Waals surface area contributed by atoms with Crippen LogP contribution >= 0.6 is 0 Å². The Kier molecular flexibility index (Phi) is 3.41. The Bertz CT molecular complexity index is 878. The van der Waals surface area contributed by atoms with Crippen molar-refractivity contribution >= 4 is 0 Å². The molecule has 4 rings (SSSR count). The molecule has 5 nitrogen and oxygen atoms in total. The van der Waals surface area contributed by atoms with Crippen molar-refractivity contribution in [3.8, 4) is 28.3 Å². The van der Waals surface area contributed by atoms with Crippen LogP contribution in [0.15, 0.2) is 29.1 Å². The van der Waals surface area contributed by atoms with Gasteiger partial charge in [0.1, 0.15) is 11.4 Å². The summed E-state index contributed by atoms with van der Waals surface area (Å²) in [5, 5.41) is 6.94. The van der Waals surface area contributed by atoms with Crippen LogP contribution in [0.25, 0.3) is 22.5 Å². The zero-order valence-electron chi connectivity index (χ0n) is 13.1. The molecule has 0 spiro atoms. The predicted octanol–water partition coefficient (Wildman–Crippen LogP) is 3.15. The molecule has 2 heterocycles. The van der Waals surface area contributed by atoms with Crippen LogP contribution in [0.2, 0.25) is 0 Å². The van der Waals surface area contributed by atoms with Crippen molar-refractivity contribution < 1.29 is 4.74 Å². The predicted molar refractivity (Wildman–Crippen MR) is 89.1 cm³/mol. The van der Waals surface area contributed by atoms with Gasteiger partial charge in [-0.3, -0.25) is 4.79 Å². The van der Waals surface area contributed by atoms with E-state index in [0.29, 0.717) is 5.56 Å². The fraction of sp³-hybridized carbons (Fsp3) is 0.333. The molecule has 118 valence electrons. The minimum absolute atomic E-state index is 0.149. The van der Waals surface area contributed by atoms with Crippen LogP contribution in [0.3, 0.4) is 0 Å². The van der Waals surface area contributed by atoms with Gasteiger partial charge in [-0.1, -0.05) is 18.6 Å². The summed E-state index contributed by atoms with van der Waals surface area (Å²) < 4.78 is 5.48. The number of aromatic nitrogens is 3. The number of pyridine rings is 1. The lowest BCUT2D eigenvalue weighted by atomic mass is 9.96. The number of ether oxygens (including phenoxy) is 1. The normalized spacial score (nSPS) is 14.5. The summed E-state index contributed by atoms with van der Waals surface area (Å²) in [7, 11) is 1.65. The Morgan fingerprint density at radius 2 is 1.96 bits per heavy atom. The second kappa shape index (κ2) is 5.57. The number of methoxy groups -OCH3 is 1. The van der Waals surface area contributed by atoms with Crippen molar-refractivity contribution in [2.24, 2.45) is 0 Å². The van der Waals surface area contributed by atoms with Gasteiger partial charge in [-0.05, 0) is 43.4 Å². The maximum Gasteiger partial charge on any atom is 0.275 e. The summed E-state index contributed by atoms with van der Waals surface area (Å²) >= 11 is 0. The van der Waals surface area contributed by atoms with Gasteiger partial charge in [-0.25, -0.2) is 5.10 Å². The number of aromatic amines is 2. The Labute approximate surface area is 134 Å². The molecule has 0 radical (unpaired) electrons. The van der Waals surface area contributed by atoms with Crippen molar-refractivity contribution in [3.05, 3.63) is 45.9 Å². The lowest BCUT2D eigenvalue weighted by molar-refractivity contribution is 0.416. The Morgan fingerprint density at radius 1 is 1.13 bits per heavy atom. The molecule has 1 aliphatic carbocycles. The number of benzene rings is 1. The van der Waals surface area contributed by atoms with Crippen LogP contribution in [-0.4, -0.2) is 22.3 Å². The Balaban J connectivity index is 2.04. The smallest absolute Gasteiger partial charge is 0.275 e. The quantitative estimate of drug-likeness (QED) is 0.714. The number of aryl methyl sites for hydroxylation is 1. The van der Waals surface area contributed by atoms with E-state index in [2.05, 4.69) is 15.2 Å². The van der Waals surface area contributed by atoms with Gasteiger partial charge in [-0.15, -0.1) is 0 Å². The van der Waals surface area contributed by atoms with E-state index in [1.165, 1.54) is 17.7 Å². The molecule has 1 aromatic rings. The average molecular weight is 309 g/mol. The molecule has 0 atom stereocenters. The zero-order chi connectivity index (χ0) is 15.8. The fourth-order valence-electron chi connectivity index (χ4n) is 3.52. The van der Waals surface area contributed by atoms with Gasteiger partial charge in [0.25, 0.3) is 5.56 Å². The Hall–Kier alpha value is -2.56. The number of H-pyrrole nitrogens is 2. The second-order valence-corrected chi connectivity index (χ2v) is 5.99. The van der Waals surface area contributed by atoms with Crippen LogP contribution in [0.5, 0.6) is 5.75 Å². The third-order valence-corrected chi connectivity index (χ3v) is 4.64. The average Bonchev–Trinajstić information content (AvgIpc) is 2.82. The highest BCUT2D eigenvalue weighted by Crippen LogP contribution is 2.38. The topological polar surface area (TPSA) is 70.8 Å². The van der Waals surface area contributed by atoms with Gasteiger partial charge in [0.15, 0.2) is 0 Å². The van der Waals surface area contributed by atoms with Crippen molar-refractivity contribution in [2.45, 2.75) is 32.1 Å². The molecule has 0 amide bonds. The van der Waals surface area contributed by atoms with Crippen molar-refractivity contribution in [1.29, 1.82) is 0 Å². The second-order valence-electron chi connectivity index (χ2n) is 5.99. The largest absolute Gasteiger partial charge is 0.496 e. The van der Waals surface area contributed by atoms with Crippen molar-refractivity contribution in [3.63, 3.8) is 0 Å². The van der Waals surface area contributed by atoms with E-state index in [-0.39, 0.29) is 5.56 Å². The van der Waals surface area contributed by atoms with Crippen LogP contribution < -0.4 is 10.3 Å². The first-order chi connectivity index (χ1) is 11.3. The SMILES string of the molecule is COc1ccccc1-c1[nH]c2c(c3n[nH]c(=O)c1-3)CCCCC2.